The molecule has 1 aromatic carbocycles. The Morgan fingerprint density at radius 3 is 2.70 bits per heavy atom. The third kappa shape index (κ3) is 5.66. The fourth-order valence-corrected chi connectivity index (χ4v) is 4.88. The maximum atomic E-state index is 15.2. The normalized spacial score (nSPS) is 15.5. The average Bonchev–Trinajstić information content (AvgIpc) is 3.33. The molecule has 0 aliphatic carbocycles. The monoisotopic (exact) mass is 473 g/mol. The lowest BCUT2D eigenvalue weighted by molar-refractivity contribution is 0.283. The van der Waals surface area contributed by atoms with E-state index in [4.69, 9.17) is 0 Å². The predicted octanol–water partition coefficient (Wildman–Crippen LogP) is 2.52. The number of sulfonamides is 1. The van der Waals surface area contributed by atoms with Crippen LogP contribution in [0.5, 0.6) is 0 Å². The van der Waals surface area contributed by atoms with E-state index in [1.807, 2.05) is 36.5 Å². The summed E-state index contributed by atoms with van der Waals surface area (Å²) in [4.78, 5) is 9.97. The van der Waals surface area contributed by atoms with Crippen LogP contribution in [-0.2, 0) is 16.6 Å². The van der Waals surface area contributed by atoms with Gasteiger partial charge in [-0.3, -0.25) is 0 Å². The van der Waals surface area contributed by atoms with Gasteiger partial charge in [0, 0.05) is 45.6 Å². The summed E-state index contributed by atoms with van der Waals surface area (Å²) >= 11 is 0. The van der Waals surface area contributed by atoms with Crippen LogP contribution in [0, 0.1) is 11.7 Å². The van der Waals surface area contributed by atoms with E-state index < -0.39 is 15.8 Å². The molecule has 1 aliphatic rings. The molecule has 1 saturated heterocycles. The minimum absolute atomic E-state index is 0.155. The zero-order chi connectivity index (χ0) is 23.4. The maximum absolute atomic E-state index is 15.2. The zero-order valence-electron chi connectivity index (χ0n) is 18.7. The van der Waals surface area contributed by atoms with E-state index >= 15 is 4.39 Å². The van der Waals surface area contributed by atoms with Crippen LogP contribution in [0.15, 0.2) is 49.1 Å². The minimum atomic E-state index is -3.16. The molecule has 1 fully saturated rings. The Morgan fingerprint density at radius 1 is 1.21 bits per heavy atom. The molecule has 33 heavy (non-hydrogen) atoms. The van der Waals surface area contributed by atoms with Gasteiger partial charge in [-0.25, -0.2) is 27.4 Å². The van der Waals surface area contributed by atoms with Gasteiger partial charge in [-0.05, 0) is 42.5 Å². The minimum Gasteiger partial charge on any atom is -0.367 e. The molecule has 2 aromatic heterocycles. The first-order chi connectivity index (χ1) is 15.8. The summed E-state index contributed by atoms with van der Waals surface area (Å²) in [6.07, 6.45) is 7.63. The van der Waals surface area contributed by atoms with Crippen LogP contribution in [0.2, 0.25) is 0 Å². The van der Waals surface area contributed by atoms with Crippen molar-refractivity contribution in [2.45, 2.75) is 19.4 Å². The molecule has 4 rings (SSSR count). The standard InChI is InChI=1S/C22H28FN7O2S/c1-28(15-18-5-3-6-19(13-18)30-10-4-9-27-30)22-20(23)21(25-16-26-22)24-14-17-7-11-29(12-8-17)33(2,31)32/h3-6,9-10,13,16-17H,7-8,11-12,14-15H2,1-2H3,(H,24,25,26). The molecule has 3 aromatic rings. The number of benzene rings is 1. The molecule has 0 spiro atoms. The summed E-state index contributed by atoms with van der Waals surface area (Å²) in [5.41, 5.74) is 1.92. The molecule has 1 aliphatic heterocycles. The van der Waals surface area contributed by atoms with Gasteiger partial charge < -0.3 is 10.2 Å². The van der Waals surface area contributed by atoms with E-state index in [0.717, 1.165) is 24.1 Å². The van der Waals surface area contributed by atoms with Crippen molar-refractivity contribution >= 4 is 21.7 Å². The highest BCUT2D eigenvalue weighted by Gasteiger charge is 2.25. The molecule has 0 saturated carbocycles. The first-order valence-corrected chi connectivity index (χ1v) is 12.7. The zero-order valence-corrected chi connectivity index (χ0v) is 19.5. The number of hydrogen-bond donors (Lipinski definition) is 1. The first-order valence-electron chi connectivity index (χ1n) is 10.8. The largest absolute Gasteiger partial charge is 0.367 e. The number of halogens is 1. The van der Waals surface area contributed by atoms with E-state index in [9.17, 15) is 8.42 Å². The molecule has 176 valence electrons. The highest BCUT2D eigenvalue weighted by molar-refractivity contribution is 7.88. The van der Waals surface area contributed by atoms with Gasteiger partial charge >= 0.3 is 0 Å². The summed E-state index contributed by atoms with van der Waals surface area (Å²) in [5, 5.41) is 7.34. The van der Waals surface area contributed by atoms with Crippen molar-refractivity contribution in [3.8, 4) is 5.69 Å². The summed E-state index contributed by atoms with van der Waals surface area (Å²) in [6.45, 7) is 1.97. The molecule has 1 N–H and O–H groups in total. The first kappa shape index (κ1) is 23.1. The van der Waals surface area contributed by atoms with Crippen molar-refractivity contribution < 1.29 is 12.8 Å². The van der Waals surface area contributed by atoms with E-state index in [1.54, 1.807) is 22.8 Å². The number of hydrogen-bond acceptors (Lipinski definition) is 7. The Balaban J connectivity index is 1.38. The Bertz CT molecular complexity index is 1180. The maximum Gasteiger partial charge on any atom is 0.211 e. The van der Waals surface area contributed by atoms with Crippen LogP contribution >= 0.6 is 0 Å². The summed E-state index contributed by atoms with van der Waals surface area (Å²) in [6, 6.07) is 9.75. The summed E-state index contributed by atoms with van der Waals surface area (Å²) in [5.74, 6) is 0.118. The number of piperidine rings is 1. The van der Waals surface area contributed by atoms with Crippen molar-refractivity contribution in [2.75, 3.05) is 43.2 Å². The molecule has 3 heterocycles. The molecule has 0 radical (unpaired) electrons. The van der Waals surface area contributed by atoms with E-state index in [0.29, 0.717) is 26.2 Å². The highest BCUT2D eigenvalue weighted by atomic mass is 32.2. The Morgan fingerprint density at radius 2 is 2.00 bits per heavy atom. The Hall–Kier alpha value is -3.05. The van der Waals surface area contributed by atoms with Gasteiger partial charge in [0.15, 0.2) is 11.6 Å². The van der Waals surface area contributed by atoms with E-state index in [1.165, 1.54) is 16.9 Å². The van der Waals surface area contributed by atoms with Crippen LogP contribution in [0.25, 0.3) is 5.69 Å². The Kier molecular flexibility index (Phi) is 6.89. The predicted molar refractivity (Wildman–Crippen MR) is 125 cm³/mol. The van der Waals surface area contributed by atoms with Crippen molar-refractivity contribution in [3.63, 3.8) is 0 Å². The van der Waals surface area contributed by atoms with Crippen LogP contribution in [0.3, 0.4) is 0 Å². The summed E-state index contributed by atoms with van der Waals surface area (Å²) < 4.78 is 41.8. The molecule has 0 bridgehead atoms. The Labute approximate surface area is 193 Å². The average molecular weight is 474 g/mol. The molecule has 0 amide bonds. The van der Waals surface area contributed by atoms with Gasteiger partial charge in [-0.15, -0.1) is 0 Å². The van der Waals surface area contributed by atoms with Gasteiger partial charge in [0.25, 0.3) is 0 Å². The van der Waals surface area contributed by atoms with Gasteiger partial charge in [-0.1, -0.05) is 12.1 Å². The number of rotatable bonds is 8. The van der Waals surface area contributed by atoms with Crippen molar-refractivity contribution in [2.24, 2.45) is 5.92 Å². The van der Waals surface area contributed by atoms with Crippen molar-refractivity contribution in [1.29, 1.82) is 0 Å². The third-order valence-corrected chi connectivity index (χ3v) is 7.14. The number of aromatic nitrogens is 4. The lowest BCUT2D eigenvalue weighted by Gasteiger charge is -2.30. The smallest absolute Gasteiger partial charge is 0.211 e. The van der Waals surface area contributed by atoms with Crippen LogP contribution in [0.1, 0.15) is 18.4 Å². The van der Waals surface area contributed by atoms with E-state index in [-0.39, 0.29) is 17.6 Å². The lowest BCUT2D eigenvalue weighted by Crippen LogP contribution is -2.39. The number of nitrogens with one attached hydrogen (secondary N) is 1. The van der Waals surface area contributed by atoms with Crippen molar-refractivity contribution in [1.82, 2.24) is 24.1 Å². The van der Waals surface area contributed by atoms with Gasteiger partial charge in [0.05, 0.1) is 11.9 Å². The van der Waals surface area contributed by atoms with Gasteiger partial charge in [0.1, 0.15) is 6.33 Å². The molecule has 0 atom stereocenters. The van der Waals surface area contributed by atoms with Crippen molar-refractivity contribution in [3.05, 3.63) is 60.4 Å². The van der Waals surface area contributed by atoms with Crippen LogP contribution in [0.4, 0.5) is 16.0 Å². The molecule has 0 unspecified atom stereocenters. The molecule has 9 nitrogen and oxygen atoms in total. The van der Waals surface area contributed by atoms with Crippen LogP contribution in [-0.4, -0.2) is 65.4 Å². The SMILES string of the molecule is CN(Cc1cccc(-n2cccn2)c1)c1ncnc(NCC2CCN(S(C)(=O)=O)CC2)c1F. The highest BCUT2D eigenvalue weighted by Crippen LogP contribution is 2.24. The van der Waals surface area contributed by atoms with Crippen LogP contribution < -0.4 is 10.2 Å². The summed E-state index contributed by atoms with van der Waals surface area (Å²) in [7, 11) is -1.37. The fraction of sp³-hybridized carbons (Fsp3) is 0.409. The number of anilines is 2. The second-order valence-electron chi connectivity index (χ2n) is 8.32. The lowest BCUT2D eigenvalue weighted by atomic mass is 9.98. The topological polar surface area (TPSA) is 96.2 Å². The molecular weight excluding hydrogens is 445 g/mol. The van der Waals surface area contributed by atoms with Gasteiger partial charge in [0.2, 0.25) is 15.8 Å². The van der Waals surface area contributed by atoms with E-state index in [2.05, 4.69) is 20.4 Å². The quantitative estimate of drug-likeness (QED) is 0.537. The number of nitrogens with zero attached hydrogens (tertiary/aromatic N) is 6. The second kappa shape index (κ2) is 9.84. The second-order valence-corrected chi connectivity index (χ2v) is 10.3. The fourth-order valence-electron chi connectivity index (χ4n) is 4.00. The van der Waals surface area contributed by atoms with Gasteiger partial charge in [-0.2, -0.15) is 9.49 Å². The molecule has 11 heteroatoms. The third-order valence-electron chi connectivity index (χ3n) is 5.83. The molecular formula is C22H28FN7O2S.